The fraction of sp³-hybridized carbons (Fsp3) is 0.250. The second kappa shape index (κ2) is 4.82. The van der Waals surface area contributed by atoms with Gasteiger partial charge in [0.15, 0.2) is 0 Å². The Morgan fingerprint density at radius 3 is 2.60 bits per heavy atom. The van der Waals surface area contributed by atoms with Gasteiger partial charge in [0, 0.05) is 12.1 Å². The van der Waals surface area contributed by atoms with E-state index in [2.05, 4.69) is 6.58 Å². The van der Waals surface area contributed by atoms with E-state index >= 15 is 0 Å². The topological polar surface area (TPSA) is 46.2 Å². The summed E-state index contributed by atoms with van der Waals surface area (Å²) < 4.78 is 0. The van der Waals surface area contributed by atoms with E-state index in [9.17, 15) is 0 Å². The molecule has 0 aromatic rings. The zero-order valence-electron chi connectivity index (χ0n) is 6.17. The largest absolute Gasteiger partial charge is 0.508 e. The molecule has 0 rings (SSSR count). The Labute approximate surface area is 61.4 Å². The number of aliphatic hydroxyl groups is 1. The third kappa shape index (κ3) is 2.51. The van der Waals surface area contributed by atoms with Crippen LogP contribution in [0.2, 0.25) is 0 Å². The minimum absolute atomic E-state index is 0.194. The summed E-state index contributed by atoms with van der Waals surface area (Å²) in [7, 11) is 0. The molecule has 0 bridgehead atoms. The Hall–Kier alpha value is -1.02. The first-order valence-electron chi connectivity index (χ1n) is 3.13. The van der Waals surface area contributed by atoms with Crippen molar-refractivity contribution in [3.63, 3.8) is 0 Å². The van der Waals surface area contributed by atoms with E-state index in [0.29, 0.717) is 12.1 Å². The van der Waals surface area contributed by atoms with Crippen molar-refractivity contribution >= 4 is 0 Å². The van der Waals surface area contributed by atoms with E-state index in [1.54, 1.807) is 18.2 Å². The molecule has 0 amide bonds. The lowest BCUT2D eigenvalue weighted by Crippen LogP contribution is -2.03. The van der Waals surface area contributed by atoms with Crippen molar-refractivity contribution in [1.29, 1.82) is 0 Å². The van der Waals surface area contributed by atoms with Gasteiger partial charge in [-0.2, -0.15) is 0 Å². The van der Waals surface area contributed by atoms with Crippen molar-refractivity contribution in [2.24, 2.45) is 5.73 Å². The van der Waals surface area contributed by atoms with Gasteiger partial charge in [0.05, 0.1) is 0 Å². The zero-order chi connectivity index (χ0) is 7.98. The summed E-state index contributed by atoms with van der Waals surface area (Å²) in [6.45, 7) is 5.65. The van der Waals surface area contributed by atoms with Gasteiger partial charge in [0.2, 0.25) is 0 Å². The van der Waals surface area contributed by atoms with Gasteiger partial charge in [0.1, 0.15) is 5.76 Å². The Bertz CT molecular complexity index is 168. The van der Waals surface area contributed by atoms with E-state index in [1.807, 2.05) is 6.92 Å². The van der Waals surface area contributed by atoms with E-state index < -0.39 is 0 Å². The highest BCUT2D eigenvalue weighted by atomic mass is 16.3. The molecule has 0 saturated heterocycles. The maximum absolute atomic E-state index is 9.15. The van der Waals surface area contributed by atoms with E-state index in [1.165, 1.54) is 0 Å². The molecule has 0 aliphatic rings. The lowest BCUT2D eigenvalue weighted by atomic mass is 10.2. The van der Waals surface area contributed by atoms with Crippen molar-refractivity contribution in [1.82, 2.24) is 0 Å². The molecule has 0 saturated carbocycles. The molecule has 0 fully saturated rings. The highest BCUT2D eigenvalue weighted by Gasteiger charge is 1.93. The molecular weight excluding hydrogens is 126 g/mol. The van der Waals surface area contributed by atoms with Crippen LogP contribution in [-0.4, -0.2) is 11.7 Å². The van der Waals surface area contributed by atoms with Crippen LogP contribution < -0.4 is 5.73 Å². The van der Waals surface area contributed by atoms with Gasteiger partial charge in [-0.05, 0) is 13.0 Å². The molecule has 0 atom stereocenters. The molecule has 2 heteroatoms. The van der Waals surface area contributed by atoms with Gasteiger partial charge < -0.3 is 10.8 Å². The summed E-state index contributed by atoms with van der Waals surface area (Å²) in [5.41, 5.74) is 5.96. The summed E-state index contributed by atoms with van der Waals surface area (Å²) in [6, 6.07) is 0. The van der Waals surface area contributed by atoms with Gasteiger partial charge in [-0.15, -0.1) is 0 Å². The van der Waals surface area contributed by atoms with E-state index in [0.717, 1.165) is 0 Å². The molecule has 0 unspecified atom stereocenters. The first-order valence-corrected chi connectivity index (χ1v) is 3.13. The summed E-state index contributed by atoms with van der Waals surface area (Å²) in [6.07, 6.45) is 4.88. The minimum atomic E-state index is 0.194. The van der Waals surface area contributed by atoms with Crippen LogP contribution in [0.15, 0.2) is 36.1 Å². The van der Waals surface area contributed by atoms with Crippen LogP contribution in [0.3, 0.4) is 0 Å². The molecule has 0 aromatic carbocycles. The van der Waals surface area contributed by atoms with Crippen molar-refractivity contribution in [3.05, 3.63) is 36.1 Å². The number of hydrogen-bond acceptors (Lipinski definition) is 2. The van der Waals surface area contributed by atoms with E-state index in [-0.39, 0.29) is 5.76 Å². The van der Waals surface area contributed by atoms with Gasteiger partial charge in [0.25, 0.3) is 0 Å². The molecule has 56 valence electrons. The van der Waals surface area contributed by atoms with Crippen LogP contribution in [0.25, 0.3) is 0 Å². The lowest BCUT2D eigenvalue weighted by molar-refractivity contribution is 0.426. The summed E-state index contributed by atoms with van der Waals surface area (Å²) in [5, 5.41) is 9.15. The van der Waals surface area contributed by atoms with Crippen LogP contribution in [0.4, 0.5) is 0 Å². The first kappa shape index (κ1) is 8.98. The SMILES string of the molecule is C=C/C(CN)=C(O)\C=C/C. The van der Waals surface area contributed by atoms with Crippen molar-refractivity contribution in [2.75, 3.05) is 6.54 Å². The molecule has 0 heterocycles. The Morgan fingerprint density at radius 2 is 2.30 bits per heavy atom. The van der Waals surface area contributed by atoms with Crippen LogP contribution in [0, 0.1) is 0 Å². The number of allylic oxidation sites excluding steroid dienone is 2. The Balaban J connectivity index is 4.42. The maximum Gasteiger partial charge on any atom is 0.119 e. The van der Waals surface area contributed by atoms with Gasteiger partial charge in [-0.1, -0.05) is 18.7 Å². The molecule has 3 N–H and O–H groups in total. The molecule has 2 nitrogen and oxygen atoms in total. The third-order valence-electron chi connectivity index (χ3n) is 1.12. The van der Waals surface area contributed by atoms with Crippen molar-refractivity contribution in [2.45, 2.75) is 6.92 Å². The zero-order valence-corrected chi connectivity index (χ0v) is 6.17. The predicted octanol–water partition coefficient (Wildman–Crippen LogP) is 1.52. The normalized spacial score (nSPS) is 13.4. The van der Waals surface area contributed by atoms with Crippen molar-refractivity contribution in [3.8, 4) is 0 Å². The summed E-state index contributed by atoms with van der Waals surface area (Å²) >= 11 is 0. The summed E-state index contributed by atoms with van der Waals surface area (Å²) in [4.78, 5) is 0. The van der Waals surface area contributed by atoms with Crippen LogP contribution in [-0.2, 0) is 0 Å². The molecule has 0 aliphatic carbocycles. The molecule has 0 aliphatic heterocycles. The first-order chi connectivity index (χ1) is 4.76. The Morgan fingerprint density at radius 1 is 1.70 bits per heavy atom. The fourth-order valence-electron chi connectivity index (χ4n) is 0.557. The second-order valence-electron chi connectivity index (χ2n) is 1.82. The van der Waals surface area contributed by atoms with Gasteiger partial charge >= 0.3 is 0 Å². The van der Waals surface area contributed by atoms with Crippen LogP contribution in [0.1, 0.15) is 6.92 Å². The monoisotopic (exact) mass is 139 g/mol. The smallest absolute Gasteiger partial charge is 0.119 e. The van der Waals surface area contributed by atoms with Crippen LogP contribution in [0.5, 0.6) is 0 Å². The van der Waals surface area contributed by atoms with E-state index in [4.69, 9.17) is 10.8 Å². The molecule has 10 heavy (non-hydrogen) atoms. The highest BCUT2D eigenvalue weighted by molar-refractivity contribution is 5.27. The number of rotatable bonds is 3. The number of nitrogens with two attached hydrogens (primary N) is 1. The van der Waals surface area contributed by atoms with Gasteiger partial charge in [-0.3, -0.25) is 0 Å². The lowest BCUT2D eigenvalue weighted by Gasteiger charge is -1.97. The number of aliphatic hydroxyl groups excluding tert-OH is 1. The predicted molar refractivity (Wildman–Crippen MR) is 43.7 cm³/mol. The third-order valence-corrected chi connectivity index (χ3v) is 1.12. The molecule has 0 radical (unpaired) electrons. The molecular formula is C8H13NO. The second-order valence-corrected chi connectivity index (χ2v) is 1.82. The minimum Gasteiger partial charge on any atom is -0.508 e. The van der Waals surface area contributed by atoms with Crippen molar-refractivity contribution < 1.29 is 5.11 Å². The Kier molecular flexibility index (Phi) is 4.33. The maximum atomic E-state index is 9.15. The average molecular weight is 139 g/mol. The highest BCUT2D eigenvalue weighted by Crippen LogP contribution is 2.01. The fourth-order valence-corrected chi connectivity index (χ4v) is 0.557. The summed E-state index contributed by atoms with van der Waals surface area (Å²) in [5.74, 6) is 0.194. The standard InChI is InChI=1S/C8H13NO/c1-3-5-8(10)7(4-2)6-9/h3-5,10H,2,6,9H2,1H3/b5-3-,8-7-. The van der Waals surface area contributed by atoms with Crippen LogP contribution >= 0.6 is 0 Å². The van der Waals surface area contributed by atoms with Gasteiger partial charge in [-0.25, -0.2) is 0 Å². The number of hydrogen-bond donors (Lipinski definition) is 2. The average Bonchev–Trinajstić information content (AvgIpc) is 1.91. The quantitative estimate of drug-likeness (QED) is 0.460. The molecule has 0 spiro atoms. The molecule has 0 aromatic heterocycles.